The molecule has 0 saturated carbocycles. The second kappa shape index (κ2) is 5.11. The van der Waals surface area contributed by atoms with Crippen LogP contribution in [-0.4, -0.2) is 24.3 Å². The van der Waals surface area contributed by atoms with Gasteiger partial charge in [-0.25, -0.2) is 0 Å². The van der Waals surface area contributed by atoms with E-state index in [-0.39, 0.29) is 11.8 Å². The number of hydrogen-bond acceptors (Lipinski definition) is 5. The van der Waals surface area contributed by atoms with Crippen molar-refractivity contribution in [3.05, 3.63) is 52.5 Å². The third-order valence-corrected chi connectivity index (χ3v) is 3.87. The zero-order chi connectivity index (χ0) is 15.9. The Kier molecular flexibility index (Phi) is 3.26. The predicted molar refractivity (Wildman–Crippen MR) is 83.4 cm³/mol. The molecule has 0 fully saturated rings. The Bertz CT molecular complexity index is 780. The summed E-state index contributed by atoms with van der Waals surface area (Å²) in [6.07, 6.45) is 0. The van der Waals surface area contributed by atoms with Gasteiger partial charge in [0, 0.05) is 31.0 Å². The Hall–Kier alpha value is -2.94. The molecule has 0 spiro atoms. The lowest BCUT2D eigenvalue weighted by atomic mass is 9.84. The number of rotatable bonds is 2. The number of nitriles is 1. The van der Waals surface area contributed by atoms with Crippen molar-refractivity contribution in [3.8, 4) is 11.9 Å². The van der Waals surface area contributed by atoms with Crippen molar-refractivity contribution >= 4 is 5.69 Å². The Morgan fingerprint density at radius 1 is 1.32 bits per heavy atom. The molecule has 22 heavy (non-hydrogen) atoms. The maximum atomic E-state index is 9.48. The van der Waals surface area contributed by atoms with Gasteiger partial charge in [-0.2, -0.15) is 5.26 Å². The summed E-state index contributed by atoms with van der Waals surface area (Å²) in [4.78, 5) is 2.03. The summed E-state index contributed by atoms with van der Waals surface area (Å²) in [6, 6.07) is 10.2. The number of benzene rings is 1. The molecule has 6 nitrogen and oxygen atoms in total. The summed E-state index contributed by atoms with van der Waals surface area (Å²) in [5.41, 5.74) is 10.1. The molecule has 6 heteroatoms. The standard InChI is InChI=1S/C16H17N5O/c1-9-13-14(10-4-6-11(7-5-10)21(2)3)12(8-17)15(18)22-16(13)20-19-9/h4-7,14H,18H2,1-3H3,(H,19,20)/t14-/m1/s1. The Balaban J connectivity index is 2.14. The highest BCUT2D eigenvalue weighted by molar-refractivity contribution is 5.57. The van der Waals surface area contributed by atoms with E-state index in [9.17, 15) is 5.26 Å². The van der Waals surface area contributed by atoms with E-state index in [4.69, 9.17) is 10.5 Å². The van der Waals surface area contributed by atoms with E-state index in [1.54, 1.807) is 0 Å². The number of hydrogen-bond donors (Lipinski definition) is 2. The molecule has 1 aliphatic heterocycles. The summed E-state index contributed by atoms with van der Waals surface area (Å²) >= 11 is 0. The van der Waals surface area contributed by atoms with Crippen molar-refractivity contribution in [2.45, 2.75) is 12.8 Å². The number of anilines is 1. The lowest BCUT2D eigenvalue weighted by molar-refractivity contribution is 0.379. The second-order valence-electron chi connectivity index (χ2n) is 5.48. The number of H-pyrrole nitrogens is 1. The normalized spacial score (nSPS) is 16.7. The van der Waals surface area contributed by atoms with Crippen LogP contribution >= 0.6 is 0 Å². The fraction of sp³-hybridized carbons (Fsp3) is 0.250. The van der Waals surface area contributed by atoms with Crippen molar-refractivity contribution in [1.82, 2.24) is 10.2 Å². The molecule has 2 heterocycles. The van der Waals surface area contributed by atoms with Crippen molar-refractivity contribution in [2.75, 3.05) is 19.0 Å². The minimum Gasteiger partial charge on any atom is -0.420 e. The van der Waals surface area contributed by atoms with Gasteiger partial charge in [-0.05, 0) is 24.6 Å². The first-order valence-electron chi connectivity index (χ1n) is 6.92. The van der Waals surface area contributed by atoms with Crippen LogP contribution in [0.5, 0.6) is 5.88 Å². The molecular formula is C16H17N5O. The Morgan fingerprint density at radius 3 is 2.59 bits per heavy atom. The van der Waals surface area contributed by atoms with E-state index in [1.165, 1.54) is 0 Å². The smallest absolute Gasteiger partial charge is 0.244 e. The van der Waals surface area contributed by atoms with Gasteiger partial charge in [-0.1, -0.05) is 12.1 Å². The summed E-state index contributed by atoms with van der Waals surface area (Å²) in [5, 5.41) is 16.5. The minimum absolute atomic E-state index is 0.114. The van der Waals surface area contributed by atoms with Crippen LogP contribution in [-0.2, 0) is 0 Å². The Morgan fingerprint density at radius 2 is 2.00 bits per heavy atom. The van der Waals surface area contributed by atoms with E-state index in [1.807, 2.05) is 50.2 Å². The van der Waals surface area contributed by atoms with Crippen LogP contribution in [0.25, 0.3) is 0 Å². The number of nitrogens with zero attached hydrogens (tertiary/aromatic N) is 3. The largest absolute Gasteiger partial charge is 0.420 e. The molecule has 0 saturated heterocycles. The van der Waals surface area contributed by atoms with Gasteiger partial charge in [0.25, 0.3) is 0 Å². The Labute approximate surface area is 128 Å². The third kappa shape index (κ3) is 2.07. The van der Waals surface area contributed by atoms with E-state index in [0.29, 0.717) is 11.5 Å². The van der Waals surface area contributed by atoms with E-state index in [2.05, 4.69) is 16.3 Å². The first-order chi connectivity index (χ1) is 10.5. The van der Waals surface area contributed by atoms with Crippen molar-refractivity contribution in [3.63, 3.8) is 0 Å². The highest BCUT2D eigenvalue weighted by Gasteiger charge is 2.34. The zero-order valence-corrected chi connectivity index (χ0v) is 12.7. The summed E-state index contributed by atoms with van der Waals surface area (Å²) in [6.45, 7) is 1.91. The number of aryl methyl sites for hydroxylation is 1. The molecule has 3 rings (SSSR count). The molecule has 0 aliphatic carbocycles. The van der Waals surface area contributed by atoms with Gasteiger partial charge in [0.05, 0.1) is 5.92 Å². The third-order valence-electron chi connectivity index (χ3n) is 3.87. The van der Waals surface area contributed by atoms with Crippen LogP contribution < -0.4 is 15.4 Å². The molecule has 0 amide bonds. The lowest BCUT2D eigenvalue weighted by Gasteiger charge is -2.24. The van der Waals surface area contributed by atoms with Crippen molar-refractivity contribution < 1.29 is 4.74 Å². The van der Waals surface area contributed by atoms with Gasteiger partial charge >= 0.3 is 0 Å². The van der Waals surface area contributed by atoms with Crippen LogP contribution in [0, 0.1) is 18.3 Å². The zero-order valence-electron chi connectivity index (χ0n) is 12.7. The maximum Gasteiger partial charge on any atom is 0.244 e. The number of nitrogens with one attached hydrogen (secondary N) is 1. The molecule has 0 bridgehead atoms. The van der Waals surface area contributed by atoms with Crippen molar-refractivity contribution in [1.29, 1.82) is 5.26 Å². The molecule has 1 aromatic heterocycles. The number of ether oxygens (including phenoxy) is 1. The van der Waals surface area contributed by atoms with Crippen LogP contribution in [0.2, 0.25) is 0 Å². The predicted octanol–water partition coefficient (Wildman–Crippen LogP) is 2.00. The van der Waals surface area contributed by atoms with Gasteiger partial charge in [0.15, 0.2) is 0 Å². The molecule has 1 aromatic carbocycles. The number of nitrogens with two attached hydrogens (primary N) is 1. The van der Waals surface area contributed by atoms with E-state index < -0.39 is 0 Å². The van der Waals surface area contributed by atoms with Gasteiger partial charge in [0.2, 0.25) is 11.8 Å². The van der Waals surface area contributed by atoms with E-state index >= 15 is 0 Å². The summed E-state index contributed by atoms with van der Waals surface area (Å²) in [7, 11) is 3.97. The molecule has 2 aromatic rings. The topological polar surface area (TPSA) is 91.0 Å². The van der Waals surface area contributed by atoms with E-state index in [0.717, 1.165) is 22.5 Å². The number of fused-ring (bicyclic) bond motifs is 1. The first-order valence-corrected chi connectivity index (χ1v) is 6.92. The second-order valence-corrected chi connectivity index (χ2v) is 5.48. The SMILES string of the molecule is Cc1[nH]nc2c1[C@H](c1ccc(N(C)C)cc1)C(C#N)=C(N)O2. The number of aromatic nitrogens is 2. The minimum atomic E-state index is -0.260. The van der Waals surface area contributed by atoms with Crippen LogP contribution in [0.4, 0.5) is 5.69 Å². The van der Waals surface area contributed by atoms with Crippen LogP contribution in [0.3, 0.4) is 0 Å². The van der Waals surface area contributed by atoms with Gasteiger partial charge in [-0.15, -0.1) is 5.10 Å². The van der Waals surface area contributed by atoms with Gasteiger partial charge < -0.3 is 15.4 Å². The molecular weight excluding hydrogens is 278 g/mol. The van der Waals surface area contributed by atoms with Gasteiger partial charge in [0.1, 0.15) is 11.6 Å². The molecule has 1 atom stereocenters. The molecule has 112 valence electrons. The molecule has 3 N–H and O–H groups in total. The highest BCUT2D eigenvalue weighted by atomic mass is 16.5. The summed E-state index contributed by atoms with van der Waals surface area (Å²) in [5.74, 6) is 0.294. The average molecular weight is 295 g/mol. The number of allylic oxidation sites excluding steroid dienone is 1. The first kappa shape index (κ1) is 14.0. The lowest BCUT2D eigenvalue weighted by Crippen LogP contribution is -2.21. The summed E-state index contributed by atoms with van der Waals surface area (Å²) < 4.78 is 5.45. The van der Waals surface area contributed by atoms with Gasteiger partial charge in [-0.3, -0.25) is 5.10 Å². The highest BCUT2D eigenvalue weighted by Crippen LogP contribution is 2.42. The average Bonchev–Trinajstić information content (AvgIpc) is 2.87. The fourth-order valence-corrected chi connectivity index (χ4v) is 2.70. The van der Waals surface area contributed by atoms with Crippen molar-refractivity contribution in [2.24, 2.45) is 5.73 Å². The molecule has 0 radical (unpaired) electrons. The monoisotopic (exact) mass is 295 g/mol. The quantitative estimate of drug-likeness (QED) is 0.884. The van der Waals surface area contributed by atoms with Crippen LogP contribution in [0.1, 0.15) is 22.7 Å². The maximum absolute atomic E-state index is 9.48. The molecule has 0 unspecified atom stereocenters. The fourth-order valence-electron chi connectivity index (χ4n) is 2.70. The number of aromatic amines is 1. The van der Waals surface area contributed by atoms with Crippen LogP contribution in [0.15, 0.2) is 35.7 Å². The molecule has 1 aliphatic rings.